The zero-order valence-electron chi connectivity index (χ0n) is 13.3. The zero-order valence-corrected chi connectivity index (χ0v) is 13.3. The predicted octanol–water partition coefficient (Wildman–Crippen LogP) is 3.56. The summed E-state index contributed by atoms with van der Waals surface area (Å²) in [6.45, 7) is 12.1. The van der Waals surface area contributed by atoms with Crippen molar-refractivity contribution < 1.29 is 9.53 Å². The molecule has 0 aliphatic heterocycles. The first-order chi connectivity index (χ1) is 9.40. The SMILES string of the molecule is CC(=O)c1cc(CNC(C)C)ccc1COCC(C)C. The maximum absolute atomic E-state index is 11.8. The molecular weight excluding hydrogens is 250 g/mol. The number of benzene rings is 1. The van der Waals surface area contributed by atoms with Crippen molar-refractivity contribution in [1.29, 1.82) is 0 Å². The Morgan fingerprint density at radius 3 is 2.50 bits per heavy atom. The lowest BCUT2D eigenvalue weighted by Crippen LogP contribution is -2.22. The Labute approximate surface area is 122 Å². The molecule has 0 aromatic heterocycles. The minimum atomic E-state index is 0.0968. The number of ketones is 1. The summed E-state index contributed by atoms with van der Waals surface area (Å²) in [6.07, 6.45) is 0. The van der Waals surface area contributed by atoms with Gasteiger partial charge in [-0.3, -0.25) is 4.79 Å². The second-order valence-electron chi connectivity index (χ2n) is 5.99. The van der Waals surface area contributed by atoms with Gasteiger partial charge in [0.15, 0.2) is 5.78 Å². The third-order valence-electron chi connectivity index (χ3n) is 2.98. The van der Waals surface area contributed by atoms with Crippen LogP contribution in [-0.4, -0.2) is 18.4 Å². The van der Waals surface area contributed by atoms with Crippen molar-refractivity contribution in [2.75, 3.05) is 6.61 Å². The molecule has 0 heterocycles. The molecule has 0 saturated carbocycles. The number of hydrogen-bond donors (Lipinski definition) is 1. The van der Waals surface area contributed by atoms with E-state index >= 15 is 0 Å². The van der Waals surface area contributed by atoms with Gasteiger partial charge in [0.25, 0.3) is 0 Å². The molecule has 0 saturated heterocycles. The van der Waals surface area contributed by atoms with Gasteiger partial charge in [-0.25, -0.2) is 0 Å². The molecule has 1 aromatic carbocycles. The summed E-state index contributed by atoms with van der Waals surface area (Å²) < 4.78 is 5.64. The van der Waals surface area contributed by atoms with Crippen LogP contribution in [0.2, 0.25) is 0 Å². The molecule has 0 amide bonds. The predicted molar refractivity (Wildman–Crippen MR) is 82.9 cm³/mol. The average Bonchev–Trinajstić information content (AvgIpc) is 2.36. The van der Waals surface area contributed by atoms with Gasteiger partial charge in [0.1, 0.15) is 0 Å². The molecule has 0 fully saturated rings. The summed E-state index contributed by atoms with van der Waals surface area (Å²) >= 11 is 0. The summed E-state index contributed by atoms with van der Waals surface area (Å²) in [4.78, 5) is 11.8. The van der Waals surface area contributed by atoms with Gasteiger partial charge in [-0.15, -0.1) is 0 Å². The number of carbonyl (C=O) groups is 1. The number of carbonyl (C=O) groups excluding carboxylic acids is 1. The maximum atomic E-state index is 11.8. The minimum Gasteiger partial charge on any atom is -0.376 e. The second-order valence-corrected chi connectivity index (χ2v) is 5.99. The highest BCUT2D eigenvalue weighted by molar-refractivity contribution is 5.95. The van der Waals surface area contributed by atoms with E-state index in [0.717, 1.165) is 23.2 Å². The van der Waals surface area contributed by atoms with Crippen molar-refractivity contribution in [3.63, 3.8) is 0 Å². The summed E-state index contributed by atoms with van der Waals surface area (Å²) in [6, 6.07) is 6.49. The molecule has 20 heavy (non-hydrogen) atoms. The summed E-state index contributed by atoms with van der Waals surface area (Å²) in [5.74, 6) is 0.602. The molecule has 0 aliphatic carbocycles. The van der Waals surface area contributed by atoms with E-state index in [1.807, 2.05) is 12.1 Å². The third-order valence-corrected chi connectivity index (χ3v) is 2.98. The van der Waals surface area contributed by atoms with Gasteiger partial charge < -0.3 is 10.1 Å². The number of ether oxygens (including phenoxy) is 1. The normalized spacial score (nSPS) is 11.3. The molecule has 0 bridgehead atoms. The summed E-state index contributed by atoms with van der Waals surface area (Å²) in [5.41, 5.74) is 2.89. The lowest BCUT2D eigenvalue weighted by molar-refractivity contribution is 0.0932. The highest BCUT2D eigenvalue weighted by Crippen LogP contribution is 2.15. The van der Waals surface area contributed by atoms with E-state index < -0.39 is 0 Å². The van der Waals surface area contributed by atoms with Crippen LogP contribution in [0.3, 0.4) is 0 Å². The smallest absolute Gasteiger partial charge is 0.160 e. The molecule has 1 rings (SSSR count). The molecule has 0 radical (unpaired) electrons. The van der Waals surface area contributed by atoms with Gasteiger partial charge in [-0.05, 0) is 30.0 Å². The van der Waals surface area contributed by atoms with Gasteiger partial charge in [0, 0.05) is 24.8 Å². The third kappa shape index (κ3) is 5.85. The number of Topliss-reactive ketones (excluding diaryl/α,β-unsaturated/α-hetero) is 1. The molecule has 0 atom stereocenters. The number of rotatable bonds is 8. The molecule has 1 aromatic rings. The monoisotopic (exact) mass is 277 g/mol. The number of nitrogens with one attached hydrogen (secondary N) is 1. The summed E-state index contributed by atoms with van der Waals surface area (Å²) in [5, 5.41) is 3.36. The van der Waals surface area contributed by atoms with Crippen LogP contribution in [0.1, 0.15) is 56.1 Å². The van der Waals surface area contributed by atoms with Crippen LogP contribution in [0.25, 0.3) is 0 Å². The molecule has 112 valence electrons. The summed E-state index contributed by atoms with van der Waals surface area (Å²) in [7, 11) is 0. The van der Waals surface area contributed by atoms with E-state index in [1.165, 1.54) is 0 Å². The van der Waals surface area contributed by atoms with Gasteiger partial charge in [-0.2, -0.15) is 0 Å². The van der Waals surface area contributed by atoms with Crippen LogP contribution >= 0.6 is 0 Å². The minimum absolute atomic E-state index is 0.0968. The number of hydrogen-bond acceptors (Lipinski definition) is 3. The van der Waals surface area contributed by atoms with Crippen LogP contribution in [0.5, 0.6) is 0 Å². The van der Waals surface area contributed by atoms with Crippen molar-refractivity contribution in [3.05, 3.63) is 34.9 Å². The quantitative estimate of drug-likeness (QED) is 0.738. The van der Waals surface area contributed by atoms with Crippen LogP contribution in [0, 0.1) is 5.92 Å². The zero-order chi connectivity index (χ0) is 15.1. The standard InChI is InChI=1S/C17H27NO2/c1-12(2)10-20-11-16-7-6-15(9-18-13(3)4)8-17(16)14(5)19/h6-8,12-13,18H,9-11H2,1-5H3. The van der Waals surface area contributed by atoms with Crippen molar-refractivity contribution in [3.8, 4) is 0 Å². The molecule has 0 spiro atoms. The van der Waals surface area contributed by atoms with Crippen molar-refractivity contribution in [2.45, 2.75) is 53.8 Å². The molecular formula is C17H27NO2. The van der Waals surface area contributed by atoms with E-state index in [1.54, 1.807) is 6.92 Å². The van der Waals surface area contributed by atoms with Gasteiger partial charge in [0.2, 0.25) is 0 Å². The maximum Gasteiger partial charge on any atom is 0.160 e. The second kappa shape index (κ2) is 8.18. The van der Waals surface area contributed by atoms with Crippen molar-refractivity contribution in [1.82, 2.24) is 5.32 Å². The molecule has 3 heteroatoms. The van der Waals surface area contributed by atoms with Crippen LogP contribution in [0.4, 0.5) is 0 Å². The van der Waals surface area contributed by atoms with E-state index in [0.29, 0.717) is 25.2 Å². The van der Waals surface area contributed by atoms with Crippen molar-refractivity contribution in [2.24, 2.45) is 5.92 Å². The first-order valence-electron chi connectivity index (χ1n) is 7.34. The average molecular weight is 277 g/mol. The van der Waals surface area contributed by atoms with E-state index in [9.17, 15) is 4.79 Å². The fraction of sp³-hybridized carbons (Fsp3) is 0.588. The Hall–Kier alpha value is -1.19. The Morgan fingerprint density at radius 2 is 1.95 bits per heavy atom. The van der Waals surface area contributed by atoms with Crippen LogP contribution in [-0.2, 0) is 17.9 Å². The molecule has 3 nitrogen and oxygen atoms in total. The van der Waals surface area contributed by atoms with E-state index in [-0.39, 0.29) is 5.78 Å². The van der Waals surface area contributed by atoms with E-state index in [2.05, 4.69) is 39.1 Å². The van der Waals surface area contributed by atoms with Crippen LogP contribution in [0.15, 0.2) is 18.2 Å². The fourth-order valence-electron chi connectivity index (χ4n) is 1.91. The lowest BCUT2D eigenvalue weighted by Gasteiger charge is -2.13. The molecule has 1 N–H and O–H groups in total. The highest BCUT2D eigenvalue weighted by atomic mass is 16.5. The van der Waals surface area contributed by atoms with Crippen LogP contribution < -0.4 is 5.32 Å². The fourth-order valence-corrected chi connectivity index (χ4v) is 1.91. The lowest BCUT2D eigenvalue weighted by atomic mass is 10.0. The Bertz CT molecular complexity index is 439. The first-order valence-corrected chi connectivity index (χ1v) is 7.34. The topological polar surface area (TPSA) is 38.3 Å². The van der Waals surface area contributed by atoms with Gasteiger partial charge >= 0.3 is 0 Å². The Morgan fingerprint density at radius 1 is 1.25 bits per heavy atom. The largest absolute Gasteiger partial charge is 0.376 e. The van der Waals surface area contributed by atoms with Crippen molar-refractivity contribution >= 4 is 5.78 Å². The Balaban J connectivity index is 2.77. The van der Waals surface area contributed by atoms with Gasteiger partial charge in [-0.1, -0.05) is 39.8 Å². The molecule has 0 aliphatic rings. The van der Waals surface area contributed by atoms with Gasteiger partial charge in [0.05, 0.1) is 6.61 Å². The van der Waals surface area contributed by atoms with E-state index in [4.69, 9.17) is 4.74 Å². The molecule has 0 unspecified atom stereocenters. The highest BCUT2D eigenvalue weighted by Gasteiger charge is 2.09. The first kappa shape index (κ1) is 16.9. The Kier molecular flexibility index (Phi) is 6.89.